The summed E-state index contributed by atoms with van der Waals surface area (Å²) in [7, 11) is -5.05. The molecule has 0 saturated carbocycles. The third kappa shape index (κ3) is 18.4. The minimum absolute atomic E-state index is 0.140. The van der Waals surface area contributed by atoms with Gasteiger partial charge in [-0.25, -0.2) is 0 Å². The minimum Gasteiger partial charge on any atom is -0.480 e. The van der Waals surface area contributed by atoms with E-state index in [1.54, 1.807) is 0 Å². The summed E-state index contributed by atoms with van der Waals surface area (Å²) in [5, 5.41) is 25.7. The lowest BCUT2D eigenvalue weighted by atomic mass is 9.92. The largest absolute Gasteiger partial charge is 0.480 e. The number of carbonyl (C=O) groups excluding carboxylic acids is 2. The van der Waals surface area contributed by atoms with Crippen LogP contribution in [0.4, 0.5) is 0 Å². The van der Waals surface area contributed by atoms with Crippen LogP contribution in [-0.4, -0.2) is 77.9 Å². The van der Waals surface area contributed by atoms with Crippen molar-refractivity contribution >= 4 is 28.0 Å². The zero-order valence-corrected chi connectivity index (χ0v) is 23.5. The molecule has 0 heterocycles. The lowest BCUT2D eigenvalue weighted by molar-refractivity contribution is -0.160. The number of aliphatic carboxylic acids is 1. The molecule has 0 radical (unpaired) electrons. The van der Waals surface area contributed by atoms with Crippen molar-refractivity contribution in [2.45, 2.75) is 82.8 Å². The first-order chi connectivity index (χ1) is 18.5. The summed E-state index contributed by atoms with van der Waals surface area (Å²) >= 11 is 0. The molecule has 11 nitrogen and oxygen atoms in total. The highest BCUT2D eigenvalue weighted by Gasteiger charge is 2.36. The van der Waals surface area contributed by atoms with E-state index in [0.29, 0.717) is 6.42 Å². The lowest BCUT2D eigenvalue weighted by Crippen LogP contribution is -2.41. The number of aliphatic hydroxyl groups is 2. The highest BCUT2D eigenvalue weighted by Crippen LogP contribution is 2.19. The number of hydrogen-bond donors (Lipinski definition) is 4. The van der Waals surface area contributed by atoms with Crippen LogP contribution < -0.4 is 0 Å². The molecule has 0 aromatic heterocycles. The fraction of sp³-hybridized carbons (Fsp3) is 0.667. The Balaban J connectivity index is 4.19. The van der Waals surface area contributed by atoms with E-state index >= 15 is 0 Å². The van der Waals surface area contributed by atoms with Crippen LogP contribution in [0.3, 0.4) is 0 Å². The first-order valence-electron chi connectivity index (χ1n) is 13.2. The van der Waals surface area contributed by atoms with E-state index in [9.17, 15) is 33.0 Å². The Morgan fingerprint density at radius 3 is 1.85 bits per heavy atom. The average molecular weight is 577 g/mol. The molecule has 0 rings (SSSR count). The van der Waals surface area contributed by atoms with Gasteiger partial charge in [-0.3, -0.25) is 18.9 Å². The second-order valence-corrected chi connectivity index (χ2v) is 10.9. The van der Waals surface area contributed by atoms with Crippen LogP contribution in [-0.2, 0) is 34.0 Å². The van der Waals surface area contributed by atoms with Gasteiger partial charge in [-0.2, -0.15) is 8.42 Å². The molecule has 0 aromatic carbocycles. The first-order valence-corrected chi connectivity index (χ1v) is 14.7. The average Bonchev–Trinajstić information content (AvgIpc) is 2.89. The van der Waals surface area contributed by atoms with Crippen LogP contribution in [0.2, 0.25) is 0 Å². The summed E-state index contributed by atoms with van der Waals surface area (Å²) in [5.41, 5.74) is -1.56. The number of ether oxygens (including phenoxy) is 2. The van der Waals surface area contributed by atoms with E-state index in [-0.39, 0.29) is 6.42 Å². The molecule has 224 valence electrons. The predicted molar refractivity (Wildman–Crippen MR) is 145 cm³/mol. The van der Waals surface area contributed by atoms with Crippen LogP contribution in [0.1, 0.15) is 77.6 Å². The van der Waals surface area contributed by atoms with Crippen molar-refractivity contribution in [3.63, 3.8) is 0 Å². The van der Waals surface area contributed by atoms with Crippen molar-refractivity contribution in [1.82, 2.24) is 0 Å². The second kappa shape index (κ2) is 21.3. The van der Waals surface area contributed by atoms with E-state index < -0.39 is 71.5 Å². The van der Waals surface area contributed by atoms with Crippen LogP contribution in [0.15, 0.2) is 36.5 Å². The van der Waals surface area contributed by atoms with Gasteiger partial charge in [0.1, 0.15) is 13.2 Å². The Kier molecular flexibility index (Phi) is 19.9. The summed E-state index contributed by atoms with van der Waals surface area (Å²) in [6, 6.07) is 0. The Labute approximate surface area is 231 Å². The van der Waals surface area contributed by atoms with Gasteiger partial charge in [0.2, 0.25) is 0 Å². The number of carboxylic acid groups (broad SMARTS) is 1. The Hall–Kier alpha value is -2.54. The lowest BCUT2D eigenvalue weighted by Gasteiger charge is -2.28. The van der Waals surface area contributed by atoms with Crippen LogP contribution >= 0.6 is 0 Å². The number of rotatable bonds is 23. The quantitative estimate of drug-likeness (QED) is 0.0605. The summed E-state index contributed by atoms with van der Waals surface area (Å²) in [4.78, 5) is 34.8. The zero-order chi connectivity index (χ0) is 29.6. The van der Waals surface area contributed by atoms with Crippen LogP contribution in [0.5, 0.6) is 0 Å². The van der Waals surface area contributed by atoms with Gasteiger partial charge in [0, 0.05) is 6.42 Å². The normalized spacial score (nSPS) is 13.3. The maximum atomic E-state index is 12.1. The molecule has 0 bridgehead atoms. The van der Waals surface area contributed by atoms with Gasteiger partial charge >= 0.3 is 17.9 Å². The van der Waals surface area contributed by atoms with Gasteiger partial charge in [0.15, 0.2) is 5.25 Å². The SMILES string of the molecule is CCC=CCC=CCC=CCCCCCCCC(=O)OCC(CO)(CO)COC(=O)CC(C(=O)O)S(=O)(=O)O. The van der Waals surface area contributed by atoms with Gasteiger partial charge in [-0.15, -0.1) is 0 Å². The summed E-state index contributed by atoms with van der Waals surface area (Å²) in [6.07, 6.45) is 20.4. The van der Waals surface area contributed by atoms with E-state index in [1.165, 1.54) is 0 Å². The molecule has 0 aliphatic rings. The standard InChI is InChI=1S/C27H44O11S/c1-2-3-4-5-6-7-8-9-10-11-12-13-14-15-16-17-24(30)37-21-27(19-28,20-29)22-38-25(31)18-23(26(32)33)39(34,35)36/h3-4,6-7,9-10,23,28-29H,2,5,8,11-22H2,1H3,(H,32,33)(H,34,35,36). The zero-order valence-electron chi connectivity index (χ0n) is 22.7. The molecule has 12 heteroatoms. The van der Waals surface area contributed by atoms with Gasteiger partial charge in [0.25, 0.3) is 10.1 Å². The predicted octanol–water partition coefficient (Wildman–Crippen LogP) is 3.36. The molecule has 0 aromatic rings. The molecule has 0 spiro atoms. The molecule has 0 amide bonds. The number of aliphatic hydroxyl groups excluding tert-OH is 2. The van der Waals surface area contributed by atoms with Crippen molar-refractivity contribution in [3.8, 4) is 0 Å². The molecule has 1 unspecified atom stereocenters. The molecule has 0 aliphatic heterocycles. The smallest absolute Gasteiger partial charge is 0.325 e. The van der Waals surface area contributed by atoms with Crippen molar-refractivity contribution in [1.29, 1.82) is 0 Å². The minimum atomic E-state index is -5.05. The molecular weight excluding hydrogens is 532 g/mol. The number of allylic oxidation sites excluding steroid dienone is 6. The maximum Gasteiger partial charge on any atom is 0.325 e. The van der Waals surface area contributed by atoms with E-state index in [4.69, 9.17) is 19.1 Å². The number of esters is 2. The molecule has 0 saturated heterocycles. The Bertz CT molecular complexity index is 903. The maximum absolute atomic E-state index is 12.1. The van der Waals surface area contributed by atoms with Gasteiger partial charge in [-0.05, 0) is 38.5 Å². The molecular formula is C27H44O11S. The molecule has 4 N–H and O–H groups in total. The Morgan fingerprint density at radius 2 is 1.31 bits per heavy atom. The van der Waals surface area contributed by atoms with E-state index in [2.05, 4.69) is 43.4 Å². The summed E-state index contributed by atoms with van der Waals surface area (Å²) in [5.74, 6) is -3.78. The number of hydrogen-bond acceptors (Lipinski definition) is 9. The highest BCUT2D eigenvalue weighted by atomic mass is 32.2. The van der Waals surface area contributed by atoms with E-state index in [1.807, 2.05) is 0 Å². The van der Waals surface area contributed by atoms with Crippen molar-refractivity contribution in [2.24, 2.45) is 5.41 Å². The first kappa shape index (κ1) is 36.5. The highest BCUT2D eigenvalue weighted by molar-refractivity contribution is 7.87. The van der Waals surface area contributed by atoms with E-state index in [0.717, 1.165) is 51.4 Å². The van der Waals surface area contributed by atoms with Crippen molar-refractivity contribution < 1.29 is 52.1 Å². The molecule has 39 heavy (non-hydrogen) atoms. The third-order valence-electron chi connectivity index (χ3n) is 5.77. The molecule has 0 fully saturated rings. The number of unbranched alkanes of at least 4 members (excludes halogenated alkanes) is 5. The monoisotopic (exact) mass is 576 g/mol. The van der Waals surface area contributed by atoms with Gasteiger partial charge in [0.05, 0.1) is 25.0 Å². The second-order valence-electron chi connectivity index (χ2n) is 9.28. The Morgan fingerprint density at radius 1 is 0.795 bits per heavy atom. The number of carbonyl (C=O) groups is 3. The third-order valence-corrected chi connectivity index (χ3v) is 6.86. The van der Waals surface area contributed by atoms with Crippen LogP contribution in [0.25, 0.3) is 0 Å². The molecule has 1 atom stereocenters. The summed E-state index contributed by atoms with van der Waals surface area (Å²) in [6.45, 7) is -0.481. The van der Waals surface area contributed by atoms with Crippen molar-refractivity contribution in [3.05, 3.63) is 36.5 Å². The van der Waals surface area contributed by atoms with Gasteiger partial charge < -0.3 is 24.8 Å². The number of carboxylic acids is 1. The van der Waals surface area contributed by atoms with Crippen LogP contribution in [0, 0.1) is 5.41 Å². The topological polar surface area (TPSA) is 185 Å². The fourth-order valence-electron chi connectivity index (χ4n) is 3.23. The summed E-state index contributed by atoms with van der Waals surface area (Å²) < 4.78 is 41.0. The molecule has 0 aliphatic carbocycles. The fourth-order valence-corrected chi connectivity index (χ4v) is 3.83. The van der Waals surface area contributed by atoms with Crippen molar-refractivity contribution in [2.75, 3.05) is 26.4 Å². The van der Waals surface area contributed by atoms with Gasteiger partial charge in [-0.1, -0.05) is 62.6 Å².